The average Bonchev–Trinajstić information content (AvgIpc) is 3.71. The van der Waals surface area contributed by atoms with E-state index in [4.69, 9.17) is 0 Å². The van der Waals surface area contributed by atoms with Crippen LogP contribution in [0.1, 0.15) is 34.6 Å². The van der Waals surface area contributed by atoms with Crippen molar-refractivity contribution in [1.29, 1.82) is 0 Å². The fourth-order valence-electron chi connectivity index (χ4n) is 5.68. The molecule has 6 heteroatoms. The van der Waals surface area contributed by atoms with Crippen molar-refractivity contribution in [1.82, 2.24) is 0 Å². The zero-order chi connectivity index (χ0) is 29.6. The fraction of sp³-hybridized carbons (Fsp3) is 0.211. The molecule has 0 amide bonds. The molecule has 2 unspecified atom stereocenters. The first-order valence-corrected chi connectivity index (χ1v) is 20.2. The second-order valence-electron chi connectivity index (χ2n) is 10.9. The van der Waals surface area contributed by atoms with E-state index in [2.05, 4.69) is 172 Å². The van der Waals surface area contributed by atoms with Gasteiger partial charge in [-0.2, -0.15) is 0 Å². The number of hydrogen-bond acceptors (Lipinski definition) is 2. The Balaban J connectivity index is 0.000000182. The molecule has 44 heavy (non-hydrogen) atoms. The van der Waals surface area contributed by atoms with E-state index in [9.17, 15) is 0 Å². The molecule has 0 aromatic heterocycles. The first-order valence-electron chi connectivity index (χ1n) is 14.8. The van der Waals surface area contributed by atoms with E-state index in [0.29, 0.717) is 12.1 Å². The summed E-state index contributed by atoms with van der Waals surface area (Å²) in [6.07, 6.45) is 15.7. The Morgan fingerprint density at radius 2 is 1.00 bits per heavy atom. The molecule has 2 aliphatic heterocycles. The molecule has 2 atom stereocenters. The maximum Gasteiger partial charge on any atom is -1.00 e. The van der Waals surface area contributed by atoms with Crippen LogP contribution in [-0.4, -0.2) is 17.5 Å². The third kappa shape index (κ3) is 8.34. The summed E-state index contributed by atoms with van der Waals surface area (Å²) in [5, 5.41) is 1.59. The van der Waals surface area contributed by atoms with Gasteiger partial charge < -0.3 is 34.6 Å². The predicted octanol–water partition coefficient (Wildman–Crippen LogP) is 2.40. The summed E-state index contributed by atoms with van der Waals surface area (Å²) in [6.45, 7) is 10.9. The van der Waals surface area contributed by atoms with Gasteiger partial charge in [-0.3, -0.25) is 0 Å². The van der Waals surface area contributed by atoms with Crippen molar-refractivity contribution in [2.45, 2.75) is 52.7 Å². The molecular weight excluding hydrogens is 675 g/mol. The Morgan fingerprint density at radius 1 is 0.636 bits per heavy atom. The summed E-state index contributed by atoms with van der Waals surface area (Å²) in [5.74, 6) is 0. The van der Waals surface area contributed by atoms with Crippen LogP contribution in [0, 0.1) is 12.2 Å². The fourth-order valence-corrected chi connectivity index (χ4v) is 7.91. The van der Waals surface area contributed by atoms with Crippen molar-refractivity contribution in [2.24, 2.45) is 0 Å². The topological polar surface area (TPSA) is 6.48 Å². The Labute approximate surface area is 291 Å². The maximum absolute atomic E-state index is 3.39. The van der Waals surface area contributed by atoms with E-state index in [1.54, 1.807) is 28.5 Å². The number of benzene rings is 3. The van der Waals surface area contributed by atoms with Gasteiger partial charge in [0, 0.05) is 23.5 Å². The van der Waals surface area contributed by atoms with E-state index in [0.717, 1.165) is 0 Å². The van der Waals surface area contributed by atoms with Gasteiger partial charge in [-0.15, -0.1) is 58.7 Å². The van der Waals surface area contributed by atoms with Gasteiger partial charge in [-0.1, -0.05) is 61.6 Å². The Bertz CT molecular complexity index is 1530. The molecule has 7 rings (SSSR count). The van der Waals surface area contributed by atoms with Gasteiger partial charge >= 0.3 is 77.3 Å². The van der Waals surface area contributed by atoms with E-state index in [1.807, 2.05) is 0 Å². The van der Waals surface area contributed by atoms with Crippen LogP contribution in [0.5, 0.6) is 0 Å². The van der Waals surface area contributed by atoms with Gasteiger partial charge in [0.15, 0.2) is 0 Å². The van der Waals surface area contributed by atoms with E-state index >= 15 is 0 Å². The van der Waals surface area contributed by atoms with Crippen molar-refractivity contribution >= 4 is 22.0 Å². The minimum Gasteiger partial charge on any atom is -1.00 e. The number of nitrogens with zero attached hydrogens (tertiary/aromatic N) is 2. The second kappa shape index (κ2) is 16.6. The van der Waals surface area contributed by atoms with Gasteiger partial charge in [0.1, 0.15) is 0 Å². The smallest absolute Gasteiger partial charge is 1.00 e. The zero-order valence-corrected chi connectivity index (χ0v) is 31.0. The SMILES string of the molecule is CC1=[C-]C2=CC(C)N(c3ccccc3)C2=C1.CC1=[C-]C2=CC(C)N(c3ccccc3)C2=C1.CC[Si](=[Zr+2])c1ccccc1.[Cl-].[Cl-]. The number of fused-ring (bicyclic) bond motifs is 2. The van der Waals surface area contributed by atoms with Gasteiger partial charge in [0.2, 0.25) is 0 Å². The first-order chi connectivity index (χ1) is 20.4. The quantitative estimate of drug-likeness (QED) is 0.303. The third-order valence-corrected chi connectivity index (χ3v) is 14.1. The summed E-state index contributed by atoms with van der Waals surface area (Å²) < 4.78 is 0. The Morgan fingerprint density at radius 3 is 1.36 bits per heavy atom. The van der Waals surface area contributed by atoms with Crippen molar-refractivity contribution in [2.75, 3.05) is 9.80 Å². The largest absolute Gasteiger partial charge is 1.00 e. The number of anilines is 2. The van der Waals surface area contributed by atoms with Crippen LogP contribution in [-0.2, 0) is 23.3 Å². The number of halogens is 2. The van der Waals surface area contributed by atoms with Crippen LogP contribution in [0.4, 0.5) is 11.4 Å². The van der Waals surface area contributed by atoms with Crippen molar-refractivity contribution in [3.05, 3.63) is 161 Å². The number of rotatable bonds is 4. The molecule has 0 N–H and O–H groups in total. The number of para-hydroxylation sites is 2. The molecule has 0 fully saturated rings. The van der Waals surface area contributed by atoms with Crippen molar-refractivity contribution < 1.29 is 48.1 Å². The predicted molar refractivity (Wildman–Crippen MR) is 176 cm³/mol. The Kier molecular flexibility index (Phi) is 13.5. The van der Waals surface area contributed by atoms with Crippen molar-refractivity contribution in [3.63, 3.8) is 0 Å². The first kappa shape index (κ1) is 35.9. The zero-order valence-electron chi connectivity index (χ0n) is 26.0. The molecule has 0 spiro atoms. The van der Waals surface area contributed by atoms with Gasteiger partial charge in [0.25, 0.3) is 0 Å². The molecule has 4 aliphatic rings. The molecule has 0 saturated carbocycles. The van der Waals surface area contributed by atoms with Gasteiger partial charge in [0.05, 0.1) is 0 Å². The summed E-state index contributed by atoms with van der Waals surface area (Å²) in [7, 11) is 0. The minimum absolute atomic E-state index is 0. The van der Waals surface area contributed by atoms with Gasteiger partial charge in [-0.05, 0) is 38.1 Å². The van der Waals surface area contributed by atoms with Crippen LogP contribution in [0.15, 0.2) is 149 Å². The maximum atomic E-state index is 3.39. The minimum atomic E-state index is -0.117. The molecule has 3 aromatic carbocycles. The van der Waals surface area contributed by atoms with Crippen LogP contribution < -0.4 is 39.8 Å². The van der Waals surface area contributed by atoms with Crippen LogP contribution in [0.2, 0.25) is 6.04 Å². The monoisotopic (exact) mass is 710 g/mol. The third-order valence-electron chi connectivity index (χ3n) is 7.62. The second-order valence-corrected chi connectivity index (χ2v) is 17.6. The molecular formula is C38H38Cl2N2SiZr-2. The van der Waals surface area contributed by atoms with E-state index < -0.39 is 0 Å². The molecule has 2 heterocycles. The number of hydrogen-bond donors (Lipinski definition) is 0. The summed E-state index contributed by atoms with van der Waals surface area (Å²) in [5.41, 5.74) is 9.89. The van der Waals surface area contributed by atoms with Crippen LogP contribution in [0.25, 0.3) is 0 Å². The molecule has 2 aliphatic carbocycles. The summed E-state index contributed by atoms with van der Waals surface area (Å²) in [4.78, 5) is 4.72. The molecule has 0 radical (unpaired) electrons. The molecule has 0 bridgehead atoms. The summed E-state index contributed by atoms with van der Waals surface area (Å²) in [6, 6.07) is 34.1. The molecule has 2 nitrogen and oxygen atoms in total. The van der Waals surface area contributed by atoms with Crippen LogP contribution >= 0.6 is 0 Å². The summed E-state index contributed by atoms with van der Waals surface area (Å²) >= 11 is 1.72. The number of allylic oxidation sites excluding steroid dienone is 6. The standard InChI is InChI=1S/2C15H14N.C8H10Si.2ClH.Zr/c2*1-11-8-13-10-12(2)16(15(13)9-11)14-6-4-3-5-7-14;1-2-9-8-6-4-3-5-7-8;;;/h2*3-7,9-10,12H,1-2H3;3-7H,2H2,1H3;2*1H;/q2*-1;;;;+2/p-2. The van der Waals surface area contributed by atoms with E-state index in [-0.39, 0.29) is 30.2 Å². The molecule has 224 valence electrons. The van der Waals surface area contributed by atoms with Gasteiger partial charge in [-0.25, -0.2) is 0 Å². The van der Waals surface area contributed by atoms with E-state index in [1.165, 1.54) is 51.1 Å². The normalized spacial score (nSPS) is 18.7. The van der Waals surface area contributed by atoms with Crippen molar-refractivity contribution in [3.8, 4) is 0 Å². The molecule has 0 saturated heterocycles. The molecule has 3 aromatic rings. The average molecular weight is 713 g/mol. The Hall–Kier alpha value is -2.62. The van der Waals surface area contributed by atoms with Crippen LogP contribution in [0.3, 0.4) is 0 Å².